The summed E-state index contributed by atoms with van der Waals surface area (Å²) in [6.45, 7) is 1.87. The van der Waals surface area contributed by atoms with Crippen molar-refractivity contribution in [1.82, 2.24) is 0 Å². The number of hydrogen-bond donors (Lipinski definition) is 3. The molecule has 148 valence electrons. The van der Waals surface area contributed by atoms with Gasteiger partial charge in [0.1, 0.15) is 4.90 Å². The molecular weight excluding hydrogens is 415 g/mol. The fourth-order valence-electron chi connectivity index (χ4n) is 3.48. The molecule has 3 aromatic rings. The van der Waals surface area contributed by atoms with E-state index in [1.54, 1.807) is 30.3 Å². The van der Waals surface area contributed by atoms with E-state index in [1.807, 2.05) is 13.0 Å². The molecule has 4 rings (SSSR count). The van der Waals surface area contributed by atoms with Crippen LogP contribution in [0.1, 0.15) is 38.8 Å². The van der Waals surface area contributed by atoms with Crippen LogP contribution in [0, 0.1) is 6.92 Å². The monoisotopic (exact) mass is 432 g/mol. The predicted octanol–water partition coefficient (Wildman–Crippen LogP) is 0.459. The summed E-state index contributed by atoms with van der Waals surface area (Å²) in [5.41, 5.74) is 7.15. The van der Waals surface area contributed by atoms with E-state index in [2.05, 4.69) is 5.32 Å². The fourth-order valence-corrected chi connectivity index (χ4v) is 4.13. The van der Waals surface area contributed by atoms with Crippen molar-refractivity contribution in [3.05, 3.63) is 82.4 Å². The number of nitrogen functional groups attached to an aromatic ring is 1. The second kappa shape index (κ2) is 7.98. The van der Waals surface area contributed by atoms with Crippen LogP contribution in [-0.4, -0.2) is 24.5 Å². The number of ketones is 2. The number of rotatable bonds is 3. The Morgan fingerprint density at radius 1 is 0.933 bits per heavy atom. The number of nitrogens with one attached hydrogen (secondary N) is 1. The first-order valence-electron chi connectivity index (χ1n) is 8.64. The smallest absolute Gasteiger partial charge is 1.00 e. The molecule has 0 aromatic heterocycles. The van der Waals surface area contributed by atoms with Crippen LogP contribution < -0.4 is 40.6 Å². The van der Waals surface area contributed by atoms with Crippen molar-refractivity contribution in [2.75, 3.05) is 11.1 Å². The molecule has 9 heteroatoms. The zero-order valence-corrected chi connectivity index (χ0v) is 19.1. The molecule has 0 aliphatic heterocycles. The summed E-state index contributed by atoms with van der Waals surface area (Å²) in [4.78, 5) is 25.6. The van der Waals surface area contributed by atoms with E-state index in [1.165, 1.54) is 12.1 Å². The van der Waals surface area contributed by atoms with Gasteiger partial charge >= 0.3 is 29.6 Å². The number of anilines is 3. The Kier molecular flexibility index (Phi) is 5.90. The third kappa shape index (κ3) is 3.68. The maximum atomic E-state index is 13.2. The number of aryl methyl sites for hydroxylation is 1. The van der Waals surface area contributed by atoms with Crippen LogP contribution >= 0.6 is 0 Å². The van der Waals surface area contributed by atoms with Crippen LogP contribution in [-0.2, 0) is 10.1 Å². The van der Waals surface area contributed by atoms with Gasteiger partial charge in [0, 0.05) is 16.8 Å². The first-order chi connectivity index (χ1) is 13.7. The minimum atomic E-state index is -4.74. The summed E-state index contributed by atoms with van der Waals surface area (Å²) < 4.78 is 33.4. The Bertz CT molecular complexity index is 1330. The van der Waals surface area contributed by atoms with Gasteiger partial charge in [-0.1, -0.05) is 36.4 Å². The van der Waals surface area contributed by atoms with Crippen LogP contribution in [0.15, 0.2) is 59.5 Å². The van der Waals surface area contributed by atoms with Crippen molar-refractivity contribution >= 4 is 38.7 Å². The Balaban J connectivity index is 0.00000171. The summed E-state index contributed by atoms with van der Waals surface area (Å²) in [6.07, 6.45) is 0. The van der Waals surface area contributed by atoms with Gasteiger partial charge in [-0.05, 0) is 30.7 Å². The summed E-state index contributed by atoms with van der Waals surface area (Å²) >= 11 is 0. The van der Waals surface area contributed by atoms with Gasteiger partial charge in [0.05, 0.1) is 22.5 Å². The van der Waals surface area contributed by atoms with Gasteiger partial charge in [0.2, 0.25) is 0 Å². The molecule has 0 radical (unpaired) electrons. The van der Waals surface area contributed by atoms with E-state index < -0.39 is 32.3 Å². The topological polar surface area (TPSA) is 127 Å². The molecule has 1 aliphatic carbocycles. The zero-order chi connectivity index (χ0) is 20.9. The number of carbonyl (C=O) groups is 2. The summed E-state index contributed by atoms with van der Waals surface area (Å²) in [6, 6.07) is 14.5. The Morgan fingerprint density at radius 3 is 2.10 bits per heavy atom. The first-order valence-corrected chi connectivity index (χ1v) is 10.1. The molecule has 3 aromatic carbocycles. The number of benzene rings is 3. The van der Waals surface area contributed by atoms with Gasteiger partial charge in [-0.3, -0.25) is 14.1 Å². The third-order valence-electron chi connectivity index (χ3n) is 4.77. The van der Waals surface area contributed by atoms with Crippen LogP contribution in [0.2, 0.25) is 0 Å². The Morgan fingerprint density at radius 2 is 1.53 bits per heavy atom. The van der Waals surface area contributed by atoms with E-state index in [9.17, 15) is 22.6 Å². The first kappa shape index (κ1) is 22.2. The fraction of sp³-hybridized carbons (Fsp3) is 0.0476. The van der Waals surface area contributed by atoms with Crippen molar-refractivity contribution in [3.8, 4) is 0 Å². The molecule has 0 atom stereocenters. The van der Waals surface area contributed by atoms with Crippen LogP contribution in [0.25, 0.3) is 0 Å². The molecule has 30 heavy (non-hydrogen) atoms. The predicted molar refractivity (Wildman–Crippen MR) is 110 cm³/mol. The van der Waals surface area contributed by atoms with Gasteiger partial charge in [0.15, 0.2) is 11.6 Å². The molecule has 0 bridgehead atoms. The Hall–Kier alpha value is -2.49. The van der Waals surface area contributed by atoms with E-state index in [-0.39, 0.29) is 58.9 Å². The molecule has 0 saturated carbocycles. The molecular formula is C21H17N2NaO5S. The minimum Gasteiger partial charge on any atom is -1.00 e. The van der Waals surface area contributed by atoms with E-state index in [0.29, 0.717) is 5.69 Å². The number of carbonyl (C=O) groups excluding carboxylic acids is 2. The van der Waals surface area contributed by atoms with E-state index in [0.717, 1.165) is 11.6 Å². The molecule has 0 amide bonds. The molecule has 0 saturated heterocycles. The molecule has 0 fully saturated rings. The maximum Gasteiger partial charge on any atom is 1.00 e. The van der Waals surface area contributed by atoms with Crippen LogP contribution in [0.5, 0.6) is 0 Å². The average Bonchev–Trinajstić information content (AvgIpc) is 2.66. The van der Waals surface area contributed by atoms with Crippen molar-refractivity contribution in [2.24, 2.45) is 0 Å². The van der Waals surface area contributed by atoms with Gasteiger partial charge in [0.25, 0.3) is 10.1 Å². The van der Waals surface area contributed by atoms with Crippen LogP contribution in [0.4, 0.5) is 17.1 Å². The quantitative estimate of drug-likeness (QED) is 0.244. The standard InChI is InChI=1S/C21H16N2O5S.Na.H/c1-11-5-4-6-12(9-11)23-15-10-16(29(26,27)28)19(22)18-17(15)20(24)13-7-2-3-8-14(13)21(18)25;;/h2-10,23H,22H2,1H3,(H,26,27,28);;/q;+1;-1. The van der Waals surface area contributed by atoms with Crippen LogP contribution in [0.3, 0.4) is 0 Å². The second-order valence-corrected chi connectivity index (χ2v) is 8.15. The SMILES string of the molecule is Cc1cccc(Nc2cc(S(=O)(=O)O)c(N)c3c2C(=O)c2ccccc2C3=O)c1.[H-].[Na+]. The van der Waals surface area contributed by atoms with E-state index >= 15 is 0 Å². The average molecular weight is 432 g/mol. The van der Waals surface area contributed by atoms with Gasteiger partial charge in [-0.25, -0.2) is 0 Å². The Labute approximate surface area is 196 Å². The van der Waals surface area contributed by atoms with E-state index in [4.69, 9.17) is 5.73 Å². The number of fused-ring (bicyclic) bond motifs is 2. The summed E-state index contributed by atoms with van der Waals surface area (Å²) in [7, 11) is -4.74. The van der Waals surface area contributed by atoms with Crippen molar-refractivity contribution in [3.63, 3.8) is 0 Å². The van der Waals surface area contributed by atoms with Gasteiger partial charge < -0.3 is 12.5 Å². The normalized spacial score (nSPS) is 12.6. The molecule has 7 nitrogen and oxygen atoms in total. The molecule has 0 spiro atoms. The largest absolute Gasteiger partial charge is 1.00 e. The molecule has 0 heterocycles. The maximum absolute atomic E-state index is 13.2. The van der Waals surface area contributed by atoms with Crippen molar-refractivity contribution in [2.45, 2.75) is 11.8 Å². The van der Waals surface area contributed by atoms with Gasteiger partial charge in [-0.2, -0.15) is 8.42 Å². The molecule has 1 aliphatic rings. The second-order valence-electron chi connectivity index (χ2n) is 6.76. The summed E-state index contributed by atoms with van der Waals surface area (Å²) in [5.74, 6) is -1.04. The van der Waals surface area contributed by atoms with Crippen molar-refractivity contribution in [1.29, 1.82) is 0 Å². The van der Waals surface area contributed by atoms with Crippen molar-refractivity contribution < 1.29 is 53.5 Å². The number of nitrogens with two attached hydrogens (primary N) is 1. The number of hydrogen-bond acceptors (Lipinski definition) is 6. The minimum absolute atomic E-state index is 0. The van der Waals surface area contributed by atoms with Gasteiger partial charge in [-0.15, -0.1) is 0 Å². The third-order valence-corrected chi connectivity index (χ3v) is 5.67. The zero-order valence-electron chi connectivity index (χ0n) is 17.3. The molecule has 0 unspecified atom stereocenters. The molecule has 4 N–H and O–H groups in total. The summed E-state index contributed by atoms with van der Waals surface area (Å²) in [5, 5.41) is 2.99.